The smallest absolute Gasteiger partial charge is 0.359 e. The molecule has 3 aromatic rings. The third kappa shape index (κ3) is 3.84. The van der Waals surface area contributed by atoms with Gasteiger partial charge in [-0.1, -0.05) is 29.8 Å². The zero-order chi connectivity index (χ0) is 20.3. The number of esters is 1. The molecule has 1 heterocycles. The first-order valence-electron chi connectivity index (χ1n) is 8.03. The van der Waals surface area contributed by atoms with E-state index in [1.165, 1.54) is 25.2 Å². The van der Waals surface area contributed by atoms with Crippen molar-refractivity contribution in [2.75, 3.05) is 11.9 Å². The molecule has 0 unspecified atom stereocenters. The van der Waals surface area contributed by atoms with Crippen LogP contribution in [0, 0.1) is 11.3 Å². The van der Waals surface area contributed by atoms with Crippen LogP contribution in [0.4, 0.5) is 5.69 Å². The van der Waals surface area contributed by atoms with Gasteiger partial charge in [0.1, 0.15) is 6.07 Å². The van der Waals surface area contributed by atoms with Gasteiger partial charge in [0.05, 0.1) is 16.6 Å². The fourth-order valence-electron chi connectivity index (χ4n) is 2.55. The molecule has 0 aliphatic heterocycles. The molecule has 0 saturated heterocycles. The number of hydrogen-bond acceptors (Lipinski definition) is 6. The molecule has 9 heteroatoms. The highest BCUT2D eigenvalue weighted by Gasteiger charge is 2.18. The largest absolute Gasteiger partial charge is 0.451 e. The molecule has 0 atom stereocenters. The molecule has 8 nitrogen and oxygen atoms in total. The Morgan fingerprint density at radius 2 is 1.96 bits per heavy atom. The van der Waals surface area contributed by atoms with Gasteiger partial charge in [0.2, 0.25) is 0 Å². The predicted molar refractivity (Wildman–Crippen MR) is 102 cm³/mol. The Morgan fingerprint density at radius 1 is 1.25 bits per heavy atom. The lowest BCUT2D eigenvalue weighted by atomic mass is 10.1. The molecule has 0 bridgehead atoms. The van der Waals surface area contributed by atoms with Crippen LogP contribution in [-0.4, -0.2) is 28.3 Å². The number of hydrogen-bond donors (Lipinski definition) is 1. The van der Waals surface area contributed by atoms with Crippen molar-refractivity contribution < 1.29 is 14.3 Å². The summed E-state index contributed by atoms with van der Waals surface area (Å²) in [6.07, 6.45) is 0. The molecule has 28 heavy (non-hydrogen) atoms. The van der Waals surface area contributed by atoms with Crippen LogP contribution in [0.5, 0.6) is 0 Å². The highest BCUT2D eigenvalue weighted by Crippen LogP contribution is 2.20. The van der Waals surface area contributed by atoms with E-state index in [9.17, 15) is 14.4 Å². The van der Waals surface area contributed by atoms with Gasteiger partial charge in [-0.2, -0.15) is 10.4 Å². The SMILES string of the molecule is Cn1nc(C(=O)OCC(=O)Nc2cc(Cl)ccc2C#N)c2ccccc2c1=O. The van der Waals surface area contributed by atoms with Gasteiger partial charge in [0, 0.05) is 17.5 Å². The molecule has 1 aromatic heterocycles. The first-order valence-corrected chi connectivity index (χ1v) is 8.41. The number of halogens is 1. The van der Waals surface area contributed by atoms with Crippen molar-refractivity contribution >= 4 is 39.9 Å². The molecule has 0 aliphatic rings. The van der Waals surface area contributed by atoms with E-state index in [4.69, 9.17) is 21.6 Å². The molecule has 1 amide bonds. The fourth-order valence-corrected chi connectivity index (χ4v) is 2.73. The summed E-state index contributed by atoms with van der Waals surface area (Å²) in [5.74, 6) is -1.50. The van der Waals surface area contributed by atoms with Crippen LogP contribution in [-0.2, 0) is 16.6 Å². The molecule has 140 valence electrons. The Bertz CT molecular complexity index is 1200. The average molecular weight is 397 g/mol. The average Bonchev–Trinajstić information content (AvgIpc) is 2.69. The monoisotopic (exact) mass is 396 g/mol. The Hall–Kier alpha value is -3.70. The number of nitrogens with zero attached hydrogens (tertiary/aromatic N) is 3. The van der Waals surface area contributed by atoms with Crippen LogP contribution in [0.2, 0.25) is 5.02 Å². The van der Waals surface area contributed by atoms with E-state index in [0.717, 1.165) is 4.68 Å². The van der Waals surface area contributed by atoms with Crippen molar-refractivity contribution in [1.29, 1.82) is 5.26 Å². The summed E-state index contributed by atoms with van der Waals surface area (Å²) in [5, 5.41) is 16.5. The van der Waals surface area contributed by atoms with E-state index < -0.39 is 18.5 Å². The molecule has 0 saturated carbocycles. The maximum atomic E-state index is 12.4. The van der Waals surface area contributed by atoms with Gasteiger partial charge in [0.25, 0.3) is 11.5 Å². The predicted octanol–water partition coefficient (Wildman–Crippen LogP) is 2.25. The first-order chi connectivity index (χ1) is 13.4. The van der Waals surface area contributed by atoms with E-state index >= 15 is 0 Å². The van der Waals surface area contributed by atoms with Crippen LogP contribution in [0.1, 0.15) is 16.1 Å². The van der Waals surface area contributed by atoms with Crippen molar-refractivity contribution in [2.24, 2.45) is 7.05 Å². The number of anilines is 1. The number of carbonyl (C=O) groups excluding carboxylic acids is 2. The van der Waals surface area contributed by atoms with Gasteiger partial charge in [-0.05, 0) is 24.3 Å². The van der Waals surface area contributed by atoms with Crippen molar-refractivity contribution in [3.63, 3.8) is 0 Å². The van der Waals surface area contributed by atoms with Gasteiger partial charge < -0.3 is 10.1 Å². The summed E-state index contributed by atoms with van der Waals surface area (Å²) in [6, 6.07) is 12.8. The molecular weight excluding hydrogens is 384 g/mol. The van der Waals surface area contributed by atoms with Crippen molar-refractivity contribution in [2.45, 2.75) is 0 Å². The number of amides is 1. The Kier molecular flexibility index (Phi) is 5.38. The third-order valence-electron chi connectivity index (χ3n) is 3.86. The van der Waals surface area contributed by atoms with Gasteiger partial charge in [-0.15, -0.1) is 0 Å². The molecule has 0 spiro atoms. The lowest BCUT2D eigenvalue weighted by molar-refractivity contribution is -0.119. The molecule has 1 N–H and O–H groups in total. The summed E-state index contributed by atoms with van der Waals surface area (Å²) in [4.78, 5) is 36.6. The molecule has 0 fully saturated rings. The van der Waals surface area contributed by atoms with Crippen LogP contribution >= 0.6 is 11.6 Å². The third-order valence-corrected chi connectivity index (χ3v) is 4.10. The summed E-state index contributed by atoms with van der Waals surface area (Å²) >= 11 is 5.87. The van der Waals surface area contributed by atoms with Crippen molar-refractivity contribution in [3.05, 3.63) is 69.1 Å². The zero-order valence-corrected chi connectivity index (χ0v) is 15.4. The van der Waals surface area contributed by atoms with Crippen LogP contribution in [0.15, 0.2) is 47.3 Å². The maximum absolute atomic E-state index is 12.4. The summed E-state index contributed by atoms with van der Waals surface area (Å²) < 4.78 is 6.06. The summed E-state index contributed by atoms with van der Waals surface area (Å²) in [6.45, 7) is -0.602. The van der Waals surface area contributed by atoms with E-state index in [1.807, 2.05) is 6.07 Å². The second-order valence-corrected chi connectivity index (χ2v) is 6.19. The minimum absolute atomic E-state index is 0.0778. The van der Waals surface area contributed by atoms with Crippen LogP contribution < -0.4 is 10.9 Å². The van der Waals surface area contributed by atoms with E-state index in [0.29, 0.717) is 15.8 Å². The number of ether oxygens (including phenoxy) is 1. The number of fused-ring (bicyclic) bond motifs is 1. The number of nitrogens with one attached hydrogen (secondary N) is 1. The molecule has 3 rings (SSSR count). The number of nitriles is 1. The van der Waals surface area contributed by atoms with Gasteiger partial charge in [-0.25, -0.2) is 9.48 Å². The number of benzene rings is 2. The summed E-state index contributed by atoms with van der Waals surface area (Å²) in [5.41, 5.74) is -0.00243. The topological polar surface area (TPSA) is 114 Å². The Balaban J connectivity index is 1.77. The van der Waals surface area contributed by atoms with E-state index in [1.54, 1.807) is 24.3 Å². The second kappa shape index (κ2) is 7.90. The maximum Gasteiger partial charge on any atom is 0.359 e. The minimum atomic E-state index is -0.853. The first kappa shape index (κ1) is 19.1. The van der Waals surface area contributed by atoms with Crippen molar-refractivity contribution in [1.82, 2.24) is 9.78 Å². The molecule has 0 aliphatic carbocycles. The van der Waals surface area contributed by atoms with E-state index in [2.05, 4.69) is 10.4 Å². The standard InChI is InChI=1S/C19H13ClN4O4/c1-24-18(26)14-5-3-2-4-13(14)17(23-24)19(27)28-10-16(25)22-15-8-12(20)7-6-11(15)9-21/h2-8H,10H2,1H3,(H,22,25). The summed E-state index contributed by atoms with van der Waals surface area (Å²) in [7, 11) is 1.42. The minimum Gasteiger partial charge on any atom is -0.451 e. The lowest BCUT2D eigenvalue weighted by Gasteiger charge is -2.10. The Labute approximate surface area is 163 Å². The van der Waals surface area contributed by atoms with Crippen molar-refractivity contribution in [3.8, 4) is 6.07 Å². The number of aryl methyl sites for hydroxylation is 1. The molecule has 2 aromatic carbocycles. The highest BCUT2D eigenvalue weighted by atomic mass is 35.5. The van der Waals surface area contributed by atoms with E-state index in [-0.39, 0.29) is 22.5 Å². The normalized spacial score (nSPS) is 10.3. The Morgan fingerprint density at radius 3 is 2.68 bits per heavy atom. The van der Waals surface area contributed by atoms with Gasteiger partial charge in [0.15, 0.2) is 12.3 Å². The molecule has 0 radical (unpaired) electrons. The number of carbonyl (C=O) groups is 2. The van der Waals surface area contributed by atoms with Gasteiger partial charge in [-0.3, -0.25) is 9.59 Å². The van der Waals surface area contributed by atoms with Gasteiger partial charge >= 0.3 is 5.97 Å². The van der Waals surface area contributed by atoms with Crippen LogP contribution in [0.3, 0.4) is 0 Å². The quantitative estimate of drug-likeness (QED) is 0.676. The second-order valence-electron chi connectivity index (χ2n) is 5.75. The number of aromatic nitrogens is 2. The molecular formula is C19H13ClN4O4. The number of rotatable bonds is 4. The fraction of sp³-hybridized carbons (Fsp3) is 0.105. The highest BCUT2D eigenvalue weighted by molar-refractivity contribution is 6.31. The lowest BCUT2D eigenvalue weighted by Crippen LogP contribution is -2.26. The zero-order valence-electron chi connectivity index (χ0n) is 14.6. The van der Waals surface area contributed by atoms with Crippen LogP contribution in [0.25, 0.3) is 10.8 Å².